The Morgan fingerprint density at radius 1 is 1.00 bits per heavy atom. The fourth-order valence-corrected chi connectivity index (χ4v) is 2.69. The molecule has 28 heavy (non-hydrogen) atoms. The highest BCUT2D eigenvalue weighted by atomic mass is 35.7. The molecule has 0 radical (unpaired) electrons. The lowest BCUT2D eigenvalue weighted by molar-refractivity contribution is -2.00. The summed E-state index contributed by atoms with van der Waals surface area (Å²) in [5.41, 5.74) is 0.812. The Morgan fingerprint density at radius 3 is 2.14 bits per heavy atom. The molecule has 10 nitrogen and oxygen atoms in total. The van der Waals surface area contributed by atoms with Gasteiger partial charge in [-0.3, -0.25) is 10.1 Å². The van der Waals surface area contributed by atoms with Gasteiger partial charge in [0.15, 0.2) is 11.5 Å². The van der Waals surface area contributed by atoms with Gasteiger partial charge in [-0.15, -0.1) is 10.2 Å². The third-order valence-corrected chi connectivity index (χ3v) is 3.75. The Balaban J connectivity index is 0.000000403. The topological polar surface area (TPSA) is 165 Å². The summed E-state index contributed by atoms with van der Waals surface area (Å²) in [7, 11) is -4.94. The van der Waals surface area contributed by atoms with E-state index in [9.17, 15) is 10.1 Å². The first-order valence-electron chi connectivity index (χ1n) is 7.65. The first kappa shape index (κ1) is 19.7. The lowest BCUT2D eigenvalue weighted by atomic mass is 10.0. The number of nitro benzene ring substituents is 1. The normalized spacial score (nSPS) is 12.5. The van der Waals surface area contributed by atoms with Crippen LogP contribution in [0.1, 0.15) is 5.76 Å². The molecule has 1 aromatic heterocycles. The zero-order valence-corrected chi connectivity index (χ0v) is 15.0. The number of hydrogen-bond donors (Lipinski definition) is 0. The molecule has 0 unspecified atom stereocenters. The van der Waals surface area contributed by atoms with Crippen LogP contribution in [0.5, 0.6) is 11.5 Å². The predicted molar refractivity (Wildman–Crippen MR) is 83.6 cm³/mol. The van der Waals surface area contributed by atoms with E-state index in [0.29, 0.717) is 17.3 Å². The van der Waals surface area contributed by atoms with E-state index in [-0.39, 0.29) is 12.5 Å². The lowest BCUT2D eigenvalue weighted by Crippen LogP contribution is -2.68. The second-order valence-electron chi connectivity index (χ2n) is 5.66. The van der Waals surface area contributed by atoms with Gasteiger partial charge in [0, 0.05) is 29.7 Å². The zero-order valence-electron chi connectivity index (χ0n) is 14.2. The summed E-state index contributed by atoms with van der Waals surface area (Å²) in [6, 6.07) is 12.0. The molecular formula is C17H12ClNO9. The molecule has 3 aromatic rings. The van der Waals surface area contributed by atoms with Gasteiger partial charge in [-0.2, -0.15) is 0 Å². The number of benzene rings is 2. The van der Waals surface area contributed by atoms with Crippen LogP contribution < -0.4 is 28.1 Å². The average molecular weight is 410 g/mol. The Hall–Kier alpha value is -3.02. The van der Waals surface area contributed by atoms with Crippen molar-refractivity contribution >= 4 is 16.5 Å². The number of nitrogens with zero attached hydrogens (tertiary/aromatic N) is 1. The Kier molecular flexibility index (Phi) is 5.31. The number of fused-ring (bicyclic) bond motifs is 2. The van der Waals surface area contributed by atoms with Crippen molar-refractivity contribution in [1.82, 2.24) is 0 Å². The Bertz CT molecular complexity index is 1030. The molecule has 1 aliphatic rings. The molecule has 2 heterocycles. The van der Waals surface area contributed by atoms with Crippen LogP contribution in [0.25, 0.3) is 22.1 Å². The van der Waals surface area contributed by atoms with Crippen LogP contribution in [0.4, 0.5) is 5.69 Å². The van der Waals surface area contributed by atoms with Crippen molar-refractivity contribution in [2.24, 2.45) is 0 Å². The molecule has 0 saturated heterocycles. The summed E-state index contributed by atoms with van der Waals surface area (Å²) in [5.74, 6) is 2.76. The first-order valence-corrected chi connectivity index (χ1v) is 8.89. The lowest BCUT2D eigenvalue weighted by Gasteiger charge is -2.17. The Morgan fingerprint density at radius 2 is 1.57 bits per heavy atom. The van der Waals surface area contributed by atoms with E-state index < -0.39 is 15.2 Å². The molecule has 4 rings (SSSR count). The second kappa shape index (κ2) is 7.54. The molecule has 0 aliphatic carbocycles. The molecule has 0 N–H and O–H groups in total. The van der Waals surface area contributed by atoms with Gasteiger partial charge in [0.2, 0.25) is 6.79 Å². The summed E-state index contributed by atoms with van der Waals surface area (Å²) in [5, 5.41) is 12.6. The predicted octanol–water partition coefficient (Wildman–Crippen LogP) is -0.430. The van der Waals surface area contributed by atoms with Crippen molar-refractivity contribution in [2.45, 2.75) is 6.92 Å². The summed E-state index contributed by atoms with van der Waals surface area (Å²) in [6.45, 7) is 2.06. The number of halogens is 1. The van der Waals surface area contributed by atoms with Gasteiger partial charge in [0.1, 0.15) is 0 Å². The number of non-ortho nitro benzene ring substituents is 1. The SMILES string of the molecule is Cc1cc2cc3c(cc2c(-c2ccc([N+](=O)[O-])cc2)[o+]1)OCO3.[O-][Cl+3]([O-])([O-])[O-]. The summed E-state index contributed by atoms with van der Waals surface area (Å²) >= 11 is 0. The number of rotatable bonds is 2. The molecular weight excluding hydrogens is 398 g/mol. The fraction of sp³-hybridized carbons (Fsp3) is 0.118. The van der Waals surface area contributed by atoms with Crippen LogP contribution in [0.3, 0.4) is 0 Å². The quantitative estimate of drug-likeness (QED) is 0.310. The van der Waals surface area contributed by atoms with Gasteiger partial charge in [-0.25, -0.2) is 23.1 Å². The van der Waals surface area contributed by atoms with Crippen LogP contribution in [-0.2, 0) is 0 Å². The van der Waals surface area contributed by atoms with E-state index >= 15 is 0 Å². The second-order valence-corrected chi connectivity index (χ2v) is 6.42. The fourth-order valence-electron chi connectivity index (χ4n) is 2.69. The molecule has 1 aliphatic heterocycles. The Labute approximate surface area is 159 Å². The smallest absolute Gasteiger partial charge is 0.368 e. The minimum Gasteiger partial charge on any atom is -0.454 e. The number of nitro groups is 1. The molecule has 146 valence electrons. The van der Waals surface area contributed by atoms with Gasteiger partial charge in [-0.1, -0.05) is 0 Å². The highest BCUT2D eigenvalue weighted by Gasteiger charge is 2.24. The molecule has 0 bridgehead atoms. The van der Waals surface area contributed by atoms with Crippen LogP contribution >= 0.6 is 0 Å². The van der Waals surface area contributed by atoms with Crippen LogP contribution in [0.15, 0.2) is 46.9 Å². The van der Waals surface area contributed by atoms with E-state index in [1.807, 2.05) is 25.1 Å². The van der Waals surface area contributed by atoms with Gasteiger partial charge >= 0.3 is 11.5 Å². The summed E-state index contributed by atoms with van der Waals surface area (Å²) < 4.78 is 50.7. The molecule has 0 spiro atoms. The van der Waals surface area contributed by atoms with E-state index in [2.05, 4.69) is 0 Å². The molecule has 11 heteroatoms. The number of hydrogen-bond acceptors (Lipinski definition) is 8. The van der Waals surface area contributed by atoms with E-state index in [1.165, 1.54) is 12.1 Å². The largest absolute Gasteiger partial charge is 0.454 e. The third kappa shape index (κ3) is 4.63. The van der Waals surface area contributed by atoms with Crippen molar-refractivity contribution in [1.29, 1.82) is 0 Å². The van der Waals surface area contributed by atoms with Crippen molar-refractivity contribution < 1.29 is 47.7 Å². The van der Waals surface area contributed by atoms with E-state index in [4.69, 9.17) is 32.5 Å². The molecule has 0 saturated carbocycles. The third-order valence-electron chi connectivity index (χ3n) is 3.75. The highest BCUT2D eigenvalue weighted by Crippen LogP contribution is 2.40. The molecule has 0 fully saturated rings. The van der Waals surface area contributed by atoms with Gasteiger partial charge in [0.05, 0.1) is 22.8 Å². The molecule has 0 amide bonds. The van der Waals surface area contributed by atoms with Crippen molar-refractivity contribution in [2.75, 3.05) is 6.79 Å². The van der Waals surface area contributed by atoms with Gasteiger partial charge in [0.25, 0.3) is 5.69 Å². The maximum absolute atomic E-state index is 10.8. The van der Waals surface area contributed by atoms with Crippen molar-refractivity contribution in [3.63, 3.8) is 0 Å². The standard InChI is InChI=1S/C17H12NO5.ClHO4/c1-10-6-12-7-15-16(22-9-21-15)8-14(12)17(23-10)11-2-4-13(5-3-11)18(19)20;2-1(3,4)5/h2-8H,9H2,1H3;(H,2,3,4,5)/q+1;/p-1. The monoisotopic (exact) mass is 409 g/mol. The van der Waals surface area contributed by atoms with Crippen molar-refractivity contribution in [3.8, 4) is 22.8 Å². The van der Waals surface area contributed by atoms with E-state index in [1.54, 1.807) is 12.1 Å². The average Bonchev–Trinajstić information content (AvgIpc) is 3.05. The van der Waals surface area contributed by atoms with Crippen LogP contribution in [0.2, 0.25) is 0 Å². The maximum atomic E-state index is 10.8. The minimum absolute atomic E-state index is 0.0448. The van der Waals surface area contributed by atoms with Crippen molar-refractivity contribution in [3.05, 3.63) is 58.3 Å². The van der Waals surface area contributed by atoms with Crippen LogP contribution in [-0.4, -0.2) is 11.7 Å². The molecule has 2 aromatic carbocycles. The zero-order chi connectivity index (χ0) is 20.5. The van der Waals surface area contributed by atoms with E-state index in [0.717, 1.165) is 22.1 Å². The van der Waals surface area contributed by atoms with Gasteiger partial charge < -0.3 is 9.47 Å². The highest BCUT2D eigenvalue weighted by molar-refractivity contribution is 5.96. The van der Waals surface area contributed by atoms with Crippen LogP contribution in [0, 0.1) is 27.3 Å². The number of ether oxygens (including phenoxy) is 2. The van der Waals surface area contributed by atoms with Gasteiger partial charge in [-0.05, 0) is 18.2 Å². The first-order chi connectivity index (χ1) is 13.1. The minimum atomic E-state index is -4.94. The summed E-state index contributed by atoms with van der Waals surface area (Å²) in [6.07, 6.45) is 0. The summed E-state index contributed by atoms with van der Waals surface area (Å²) in [4.78, 5) is 10.4. The molecule has 0 atom stereocenters. The maximum Gasteiger partial charge on any atom is 0.368 e. The number of aryl methyl sites for hydroxylation is 1.